The average molecular weight is 298 g/mol. The second kappa shape index (κ2) is 7.02. The molecule has 0 saturated heterocycles. The number of benzene rings is 1. The molecule has 0 spiro atoms. The number of aromatic nitrogens is 2. The number of nitrogens with zero attached hydrogens (tertiary/aromatic N) is 2. The lowest BCUT2D eigenvalue weighted by Gasteiger charge is -2.10. The standard InChI is InChI=1S/C17H22N4O/c1-11(2)8-18-17-19-9-14(10-20-17)16(22)21-15-6-5-12(3)7-13(15)4/h5-7,9-11H,8H2,1-4H3,(H,21,22)(H,18,19,20). The van der Waals surface area contributed by atoms with Crippen LogP contribution in [0, 0.1) is 19.8 Å². The predicted molar refractivity (Wildman–Crippen MR) is 89.2 cm³/mol. The number of amides is 1. The van der Waals surface area contributed by atoms with Crippen molar-refractivity contribution in [3.05, 3.63) is 47.3 Å². The molecule has 2 aromatic rings. The van der Waals surface area contributed by atoms with Gasteiger partial charge in [-0.25, -0.2) is 9.97 Å². The Balaban J connectivity index is 2.03. The topological polar surface area (TPSA) is 66.9 Å². The van der Waals surface area contributed by atoms with E-state index in [-0.39, 0.29) is 5.91 Å². The van der Waals surface area contributed by atoms with Gasteiger partial charge in [0.15, 0.2) is 0 Å². The fourth-order valence-corrected chi connectivity index (χ4v) is 1.98. The molecule has 1 aromatic carbocycles. The Morgan fingerprint density at radius 3 is 2.45 bits per heavy atom. The molecule has 22 heavy (non-hydrogen) atoms. The highest BCUT2D eigenvalue weighted by Crippen LogP contribution is 2.17. The molecule has 0 atom stereocenters. The fraction of sp³-hybridized carbons (Fsp3) is 0.353. The molecule has 5 heteroatoms. The normalized spacial score (nSPS) is 10.6. The molecule has 1 heterocycles. The predicted octanol–water partition coefficient (Wildman–Crippen LogP) is 3.41. The van der Waals surface area contributed by atoms with Crippen LogP contribution in [0.1, 0.15) is 35.3 Å². The van der Waals surface area contributed by atoms with Crippen LogP contribution in [-0.2, 0) is 0 Å². The summed E-state index contributed by atoms with van der Waals surface area (Å²) in [5.41, 5.74) is 3.44. The molecule has 116 valence electrons. The minimum Gasteiger partial charge on any atom is -0.354 e. The maximum atomic E-state index is 12.2. The van der Waals surface area contributed by atoms with Crippen molar-refractivity contribution in [2.45, 2.75) is 27.7 Å². The number of hydrogen-bond donors (Lipinski definition) is 2. The average Bonchev–Trinajstić information content (AvgIpc) is 2.48. The lowest BCUT2D eigenvalue weighted by Crippen LogP contribution is -2.15. The molecule has 0 saturated carbocycles. The maximum Gasteiger partial charge on any atom is 0.258 e. The van der Waals surface area contributed by atoms with E-state index in [2.05, 4.69) is 34.4 Å². The first kappa shape index (κ1) is 15.9. The van der Waals surface area contributed by atoms with Gasteiger partial charge >= 0.3 is 0 Å². The summed E-state index contributed by atoms with van der Waals surface area (Å²) in [6.07, 6.45) is 3.07. The first-order valence-electron chi connectivity index (χ1n) is 7.40. The zero-order valence-electron chi connectivity index (χ0n) is 13.5. The van der Waals surface area contributed by atoms with Gasteiger partial charge in [0.25, 0.3) is 5.91 Å². The first-order chi connectivity index (χ1) is 10.5. The largest absolute Gasteiger partial charge is 0.354 e. The van der Waals surface area contributed by atoms with Crippen molar-refractivity contribution in [1.29, 1.82) is 0 Å². The van der Waals surface area contributed by atoms with Gasteiger partial charge in [-0.1, -0.05) is 31.5 Å². The van der Waals surface area contributed by atoms with Crippen molar-refractivity contribution in [2.24, 2.45) is 5.92 Å². The number of carbonyl (C=O) groups excluding carboxylic acids is 1. The van der Waals surface area contributed by atoms with Crippen molar-refractivity contribution in [3.63, 3.8) is 0 Å². The van der Waals surface area contributed by atoms with Crippen molar-refractivity contribution in [1.82, 2.24) is 9.97 Å². The first-order valence-corrected chi connectivity index (χ1v) is 7.40. The van der Waals surface area contributed by atoms with Crippen LogP contribution in [0.15, 0.2) is 30.6 Å². The minimum absolute atomic E-state index is 0.206. The lowest BCUT2D eigenvalue weighted by atomic mass is 10.1. The third kappa shape index (κ3) is 4.28. The van der Waals surface area contributed by atoms with Crippen LogP contribution in [0.5, 0.6) is 0 Å². The van der Waals surface area contributed by atoms with Gasteiger partial charge in [-0.2, -0.15) is 0 Å². The van der Waals surface area contributed by atoms with E-state index in [1.54, 1.807) is 0 Å². The van der Waals surface area contributed by atoms with Gasteiger partial charge in [-0.3, -0.25) is 4.79 Å². The Morgan fingerprint density at radius 2 is 1.86 bits per heavy atom. The molecule has 0 fully saturated rings. The second-order valence-corrected chi connectivity index (χ2v) is 5.84. The molecule has 1 aromatic heterocycles. The summed E-state index contributed by atoms with van der Waals surface area (Å²) in [6.45, 7) is 9.01. The number of hydrogen-bond acceptors (Lipinski definition) is 4. The molecule has 0 aliphatic rings. The lowest BCUT2D eigenvalue weighted by molar-refractivity contribution is 0.102. The van der Waals surface area contributed by atoms with E-state index < -0.39 is 0 Å². The molecule has 2 rings (SSSR count). The van der Waals surface area contributed by atoms with Crippen LogP contribution in [0.4, 0.5) is 11.6 Å². The summed E-state index contributed by atoms with van der Waals surface area (Å²) in [5.74, 6) is 0.843. The monoisotopic (exact) mass is 298 g/mol. The number of carbonyl (C=O) groups is 1. The Morgan fingerprint density at radius 1 is 1.18 bits per heavy atom. The van der Waals surface area contributed by atoms with E-state index in [1.165, 1.54) is 18.0 Å². The summed E-state index contributed by atoms with van der Waals surface area (Å²) < 4.78 is 0. The zero-order chi connectivity index (χ0) is 16.1. The van der Waals surface area contributed by atoms with Crippen LogP contribution >= 0.6 is 0 Å². The molecule has 0 bridgehead atoms. The van der Waals surface area contributed by atoms with Crippen molar-refractivity contribution in [3.8, 4) is 0 Å². The smallest absolute Gasteiger partial charge is 0.258 e. The van der Waals surface area contributed by atoms with E-state index in [1.807, 2.05) is 32.0 Å². The Bertz CT molecular complexity index is 650. The van der Waals surface area contributed by atoms with Crippen LogP contribution in [0.2, 0.25) is 0 Å². The van der Waals surface area contributed by atoms with E-state index >= 15 is 0 Å². The van der Waals surface area contributed by atoms with E-state index in [0.29, 0.717) is 17.4 Å². The van der Waals surface area contributed by atoms with Crippen molar-refractivity contribution < 1.29 is 4.79 Å². The summed E-state index contributed by atoms with van der Waals surface area (Å²) >= 11 is 0. The molecule has 1 amide bonds. The summed E-state index contributed by atoms with van der Waals surface area (Å²) in [6, 6.07) is 5.91. The Labute approximate surface area is 131 Å². The summed E-state index contributed by atoms with van der Waals surface area (Å²) in [4.78, 5) is 20.6. The van der Waals surface area contributed by atoms with Gasteiger partial charge in [-0.15, -0.1) is 0 Å². The Kier molecular flexibility index (Phi) is 5.09. The van der Waals surface area contributed by atoms with Gasteiger partial charge in [0.2, 0.25) is 5.95 Å². The molecule has 0 aliphatic heterocycles. The second-order valence-electron chi connectivity index (χ2n) is 5.84. The molecule has 0 unspecified atom stereocenters. The van der Waals surface area contributed by atoms with Crippen LogP contribution < -0.4 is 10.6 Å². The highest BCUT2D eigenvalue weighted by atomic mass is 16.1. The summed E-state index contributed by atoms with van der Waals surface area (Å²) in [7, 11) is 0. The molecular weight excluding hydrogens is 276 g/mol. The minimum atomic E-state index is -0.206. The van der Waals surface area contributed by atoms with Gasteiger partial charge in [-0.05, 0) is 31.4 Å². The number of nitrogens with one attached hydrogen (secondary N) is 2. The van der Waals surface area contributed by atoms with Crippen LogP contribution in [0.3, 0.4) is 0 Å². The molecular formula is C17H22N4O. The fourth-order valence-electron chi connectivity index (χ4n) is 1.98. The van der Waals surface area contributed by atoms with E-state index in [9.17, 15) is 4.79 Å². The Hall–Kier alpha value is -2.43. The number of rotatable bonds is 5. The summed E-state index contributed by atoms with van der Waals surface area (Å²) in [5, 5.41) is 6.01. The van der Waals surface area contributed by atoms with Crippen LogP contribution in [-0.4, -0.2) is 22.4 Å². The van der Waals surface area contributed by atoms with Crippen molar-refractivity contribution in [2.75, 3.05) is 17.2 Å². The van der Waals surface area contributed by atoms with Gasteiger partial charge in [0.1, 0.15) is 0 Å². The third-order valence-corrected chi connectivity index (χ3v) is 3.21. The molecule has 0 radical (unpaired) electrons. The SMILES string of the molecule is Cc1ccc(NC(=O)c2cnc(NCC(C)C)nc2)c(C)c1. The van der Waals surface area contributed by atoms with Crippen molar-refractivity contribution >= 4 is 17.5 Å². The van der Waals surface area contributed by atoms with Gasteiger partial charge in [0.05, 0.1) is 5.56 Å². The molecule has 2 N–H and O–H groups in total. The van der Waals surface area contributed by atoms with Crippen LogP contribution in [0.25, 0.3) is 0 Å². The maximum absolute atomic E-state index is 12.2. The molecule has 0 aliphatic carbocycles. The third-order valence-electron chi connectivity index (χ3n) is 3.21. The zero-order valence-corrected chi connectivity index (χ0v) is 13.5. The molecule has 5 nitrogen and oxygen atoms in total. The van der Waals surface area contributed by atoms with Gasteiger partial charge < -0.3 is 10.6 Å². The number of aryl methyl sites for hydroxylation is 2. The quantitative estimate of drug-likeness (QED) is 0.887. The van der Waals surface area contributed by atoms with E-state index in [0.717, 1.165) is 17.8 Å². The number of anilines is 2. The highest BCUT2D eigenvalue weighted by molar-refractivity contribution is 6.04. The highest BCUT2D eigenvalue weighted by Gasteiger charge is 2.09. The van der Waals surface area contributed by atoms with Gasteiger partial charge in [0, 0.05) is 24.6 Å². The van der Waals surface area contributed by atoms with E-state index in [4.69, 9.17) is 0 Å².